The van der Waals surface area contributed by atoms with Crippen molar-refractivity contribution in [3.8, 4) is 17.4 Å². The molecule has 6 rings (SSSR count). The van der Waals surface area contributed by atoms with Crippen molar-refractivity contribution in [3.05, 3.63) is 124 Å². The number of methoxy groups -OCH3 is 1. The Balaban J connectivity index is 1.14. The predicted molar refractivity (Wildman–Crippen MR) is 170 cm³/mol. The molecule has 0 atom stereocenters. The van der Waals surface area contributed by atoms with Crippen LogP contribution in [-0.2, 0) is 23.4 Å². The zero-order chi connectivity index (χ0) is 30.5. The van der Waals surface area contributed by atoms with Gasteiger partial charge in [-0.3, -0.25) is 0 Å². The van der Waals surface area contributed by atoms with Crippen LogP contribution in [0.1, 0.15) is 51.9 Å². The molecular weight excluding hydrogens is 576 g/mol. The van der Waals surface area contributed by atoms with E-state index in [1.54, 1.807) is 18.3 Å². The van der Waals surface area contributed by atoms with E-state index in [-0.39, 0.29) is 5.97 Å². The summed E-state index contributed by atoms with van der Waals surface area (Å²) in [6.45, 7) is 2.89. The van der Waals surface area contributed by atoms with Crippen molar-refractivity contribution in [2.45, 2.75) is 37.9 Å². The van der Waals surface area contributed by atoms with E-state index in [0.717, 1.165) is 65.4 Å². The van der Waals surface area contributed by atoms with Crippen molar-refractivity contribution in [1.29, 1.82) is 0 Å². The summed E-state index contributed by atoms with van der Waals surface area (Å²) in [5.41, 5.74) is 4.64. The molecule has 3 heterocycles. The van der Waals surface area contributed by atoms with Crippen molar-refractivity contribution in [3.63, 3.8) is 0 Å². The number of rotatable bonds is 8. The van der Waals surface area contributed by atoms with Gasteiger partial charge in [-0.05, 0) is 84.5 Å². The molecule has 226 valence electrons. The average molecular weight is 611 g/mol. The van der Waals surface area contributed by atoms with Crippen LogP contribution in [0.15, 0.2) is 91.1 Å². The number of likely N-dealkylation sites (tertiary alicyclic amines) is 1. The predicted octanol–water partition coefficient (Wildman–Crippen LogP) is 7.21. The lowest BCUT2D eigenvalue weighted by Gasteiger charge is -2.38. The lowest BCUT2D eigenvalue weighted by atomic mass is 9.84. The first-order valence-electron chi connectivity index (χ1n) is 14.9. The number of piperidine rings is 1. The van der Waals surface area contributed by atoms with Gasteiger partial charge in [-0.15, -0.1) is 0 Å². The van der Waals surface area contributed by atoms with Crippen molar-refractivity contribution < 1.29 is 24.1 Å². The Morgan fingerprint density at radius 3 is 2.57 bits per heavy atom. The summed E-state index contributed by atoms with van der Waals surface area (Å²) >= 11 is 6.05. The fourth-order valence-corrected chi connectivity index (χ4v) is 6.00. The van der Waals surface area contributed by atoms with Crippen LogP contribution in [0.3, 0.4) is 0 Å². The van der Waals surface area contributed by atoms with Gasteiger partial charge >= 0.3 is 5.97 Å². The number of halogens is 1. The summed E-state index contributed by atoms with van der Waals surface area (Å²) in [4.78, 5) is 18.7. The second-order valence-corrected chi connectivity index (χ2v) is 11.7. The van der Waals surface area contributed by atoms with E-state index < -0.39 is 5.60 Å². The molecule has 0 spiro atoms. The van der Waals surface area contributed by atoms with Crippen molar-refractivity contribution in [1.82, 2.24) is 9.88 Å². The lowest BCUT2D eigenvalue weighted by molar-refractivity contribution is -0.0254. The Labute approximate surface area is 262 Å². The van der Waals surface area contributed by atoms with Gasteiger partial charge in [0.25, 0.3) is 0 Å². The number of fused-ring (bicyclic) bond motifs is 2. The van der Waals surface area contributed by atoms with E-state index in [2.05, 4.69) is 22.0 Å². The normalized spacial score (nSPS) is 16.8. The lowest BCUT2D eigenvalue weighted by Crippen LogP contribution is -2.42. The minimum Gasteiger partial charge on any atom is -0.488 e. The van der Waals surface area contributed by atoms with Crippen LogP contribution < -0.4 is 9.47 Å². The smallest absolute Gasteiger partial charge is 0.337 e. The Morgan fingerprint density at radius 1 is 1.05 bits per heavy atom. The number of carbonyl (C=O) groups excluding carboxylic acids is 1. The molecule has 7 nitrogen and oxygen atoms in total. The summed E-state index contributed by atoms with van der Waals surface area (Å²) < 4.78 is 17.4. The molecule has 0 aliphatic carbocycles. The van der Waals surface area contributed by atoms with Gasteiger partial charge < -0.3 is 24.2 Å². The van der Waals surface area contributed by atoms with E-state index in [0.29, 0.717) is 42.3 Å². The Morgan fingerprint density at radius 2 is 1.82 bits per heavy atom. The number of nitrogens with zero attached hydrogens (tertiary/aromatic N) is 2. The molecule has 3 aromatic carbocycles. The average Bonchev–Trinajstić information content (AvgIpc) is 3.22. The summed E-state index contributed by atoms with van der Waals surface area (Å²) in [5.74, 6) is 1.69. The van der Waals surface area contributed by atoms with Crippen LogP contribution in [0.2, 0.25) is 5.02 Å². The summed E-state index contributed by atoms with van der Waals surface area (Å²) in [7, 11) is 1.37. The molecule has 0 bridgehead atoms. The highest BCUT2D eigenvalue weighted by Gasteiger charge is 2.33. The third-order valence-electron chi connectivity index (χ3n) is 8.45. The second-order valence-electron chi connectivity index (χ2n) is 11.2. The number of ether oxygens (including phenoxy) is 3. The van der Waals surface area contributed by atoms with Gasteiger partial charge in [-0.2, -0.15) is 0 Å². The molecule has 2 aliphatic heterocycles. The first-order chi connectivity index (χ1) is 21.4. The molecule has 1 fully saturated rings. The fraction of sp³-hybridized carbons (Fsp3) is 0.278. The number of pyridine rings is 1. The number of hydrogen-bond donors (Lipinski definition) is 1. The van der Waals surface area contributed by atoms with E-state index in [1.807, 2.05) is 60.7 Å². The summed E-state index contributed by atoms with van der Waals surface area (Å²) in [6, 6.07) is 24.6. The highest BCUT2D eigenvalue weighted by Crippen LogP contribution is 2.42. The fourth-order valence-electron chi connectivity index (χ4n) is 5.87. The van der Waals surface area contributed by atoms with Crippen molar-refractivity contribution in [2.75, 3.05) is 26.7 Å². The summed E-state index contributed by atoms with van der Waals surface area (Å²) in [5, 5.41) is 11.9. The molecule has 0 saturated carbocycles. The van der Waals surface area contributed by atoms with Gasteiger partial charge in [0.1, 0.15) is 18.1 Å². The quantitative estimate of drug-likeness (QED) is 0.211. The maximum Gasteiger partial charge on any atom is 0.337 e. The molecule has 1 saturated heterocycles. The van der Waals surface area contributed by atoms with Crippen LogP contribution >= 0.6 is 11.6 Å². The number of esters is 1. The molecular formula is C36H35ClN2O5. The number of hydrogen-bond acceptors (Lipinski definition) is 7. The van der Waals surface area contributed by atoms with Gasteiger partial charge in [0.2, 0.25) is 5.88 Å². The third-order valence-corrected chi connectivity index (χ3v) is 8.70. The largest absolute Gasteiger partial charge is 0.488 e. The molecule has 8 heteroatoms. The van der Waals surface area contributed by atoms with Crippen LogP contribution in [0, 0.1) is 0 Å². The van der Waals surface area contributed by atoms with E-state index in [4.69, 9.17) is 25.8 Å². The van der Waals surface area contributed by atoms with Crippen LogP contribution in [0.4, 0.5) is 0 Å². The summed E-state index contributed by atoms with van der Waals surface area (Å²) in [6.07, 6.45) is 6.89. The van der Waals surface area contributed by atoms with Crippen molar-refractivity contribution in [2.24, 2.45) is 0 Å². The Bertz CT molecular complexity index is 1640. The molecule has 1 aromatic heterocycles. The first-order valence-corrected chi connectivity index (χ1v) is 15.2. The van der Waals surface area contributed by atoms with E-state index in [9.17, 15) is 9.90 Å². The molecule has 4 aromatic rings. The number of benzene rings is 3. The van der Waals surface area contributed by atoms with Crippen LogP contribution in [0.25, 0.3) is 5.57 Å². The minimum absolute atomic E-state index is 0.347. The van der Waals surface area contributed by atoms with Gasteiger partial charge in [0, 0.05) is 48.4 Å². The maximum absolute atomic E-state index is 11.8. The molecule has 0 amide bonds. The van der Waals surface area contributed by atoms with Crippen molar-refractivity contribution >= 4 is 23.1 Å². The van der Waals surface area contributed by atoms with Gasteiger partial charge in [0.05, 0.1) is 18.3 Å². The topological polar surface area (TPSA) is 81.1 Å². The highest BCUT2D eigenvalue weighted by atomic mass is 35.5. The van der Waals surface area contributed by atoms with Crippen LogP contribution in [0.5, 0.6) is 17.4 Å². The SMILES string of the molecule is COC(=O)c1ccc(COc2cccc3c2CC(=CCCN2CCC(O)(c4ccc(Cl)cc4)CC2)c2cccnc2O3)cc1. The molecule has 0 unspecified atom stereocenters. The number of aromatic nitrogens is 1. The molecule has 2 aliphatic rings. The van der Waals surface area contributed by atoms with Gasteiger partial charge in [0.15, 0.2) is 0 Å². The van der Waals surface area contributed by atoms with Gasteiger partial charge in [-0.1, -0.05) is 48.0 Å². The Hall–Kier alpha value is -4.17. The monoisotopic (exact) mass is 610 g/mol. The minimum atomic E-state index is -0.813. The molecule has 0 radical (unpaired) electrons. The van der Waals surface area contributed by atoms with Crippen LogP contribution in [-0.4, -0.2) is 47.7 Å². The standard InChI is InChI=1S/C36H35ClN2O5/c1-42-35(40)26-11-9-25(10-12-26)24-43-32-7-2-8-33-31(32)23-27(30-6-3-19-38-34(30)44-33)5-4-20-39-21-17-36(41,18-22-39)28-13-15-29(37)16-14-28/h2-3,5-16,19,41H,4,17-18,20-24H2,1H3. The molecule has 1 N–H and O–H groups in total. The Kier molecular flexibility index (Phi) is 8.98. The zero-order valence-electron chi connectivity index (χ0n) is 24.7. The molecule has 44 heavy (non-hydrogen) atoms. The van der Waals surface area contributed by atoms with E-state index >= 15 is 0 Å². The number of carbonyl (C=O) groups is 1. The number of allylic oxidation sites excluding steroid dienone is 1. The number of aliphatic hydroxyl groups is 1. The zero-order valence-corrected chi connectivity index (χ0v) is 25.4. The third kappa shape index (κ3) is 6.65. The van der Waals surface area contributed by atoms with E-state index in [1.165, 1.54) is 7.11 Å². The maximum atomic E-state index is 11.8. The van der Waals surface area contributed by atoms with Gasteiger partial charge in [-0.25, -0.2) is 9.78 Å². The second kappa shape index (κ2) is 13.2. The first kappa shape index (κ1) is 29.9. The highest BCUT2D eigenvalue weighted by molar-refractivity contribution is 6.30.